The second kappa shape index (κ2) is 4.45. The van der Waals surface area contributed by atoms with E-state index in [0.717, 1.165) is 23.3 Å². The summed E-state index contributed by atoms with van der Waals surface area (Å²) in [6.07, 6.45) is 4.97. The molecule has 1 heterocycles. The van der Waals surface area contributed by atoms with Crippen molar-refractivity contribution in [2.75, 3.05) is 6.54 Å². The first-order valence-electron chi connectivity index (χ1n) is 5.50. The van der Waals surface area contributed by atoms with Crippen LogP contribution in [-0.2, 0) is 0 Å². The van der Waals surface area contributed by atoms with Crippen LogP contribution < -0.4 is 5.32 Å². The highest BCUT2D eigenvalue weighted by Gasteiger charge is 2.19. The number of aryl methyl sites for hydroxylation is 2. The maximum atomic E-state index is 4.43. The summed E-state index contributed by atoms with van der Waals surface area (Å²) < 4.78 is 0. The third kappa shape index (κ3) is 3.14. The number of nitrogens with one attached hydrogen (secondary N) is 1. The van der Waals surface area contributed by atoms with E-state index in [9.17, 15) is 0 Å². The SMILES string of the molecule is CC(=Cc1sc(C)nc1C)CNC1CC1. The Morgan fingerprint density at radius 2 is 2.27 bits per heavy atom. The average molecular weight is 222 g/mol. The molecule has 1 aliphatic rings. The summed E-state index contributed by atoms with van der Waals surface area (Å²) in [7, 11) is 0. The monoisotopic (exact) mass is 222 g/mol. The second-order valence-electron chi connectivity index (χ2n) is 4.33. The van der Waals surface area contributed by atoms with E-state index in [1.807, 2.05) is 0 Å². The summed E-state index contributed by atoms with van der Waals surface area (Å²) in [6.45, 7) is 7.34. The molecular formula is C12H18N2S. The van der Waals surface area contributed by atoms with E-state index in [0.29, 0.717) is 0 Å². The molecule has 3 heteroatoms. The van der Waals surface area contributed by atoms with Crippen LogP contribution in [0.1, 0.15) is 35.3 Å². The summed E-state index contributed by atoms with van der Waals surface area (Å²) in [5, 5.41) is 4.67. The molecule has 0 amide bonds. The van der Waals surface area contributed by atoms with Crippen molar-refractivity contribution in [2.45, 2.75) is 39.7 Å². The average Bonchev–Trinajstić information content (AvgIpc) is 2.92. The number of hydrogen-bond acceptors (Lipinski definition) is 3. The van der Waals surface area contributed by atoms with Gasteiger partial charge in [-0.15, -0.1) is 11.3 Å². The highest BCUT2D eigenvalue weighted by atomic mass is 32.1. The maximum absolute atomic E-state index is 4.43. The smallest absolute Gasteiger partial charge is 0.0903 e. The molecule has 2 nitrogen and oxygen atoms in total. The van der Waals surface area contributed by atoms with E-state index in [2.05, 4.69) is 37.1 Å². The first kappa shape index (κ1) is 10.8. The van der Waals surface area contributed by atoms with Crippen LogP contribution in [0.5, 0.6) is 0 Å². The Kier molecular flexibility index (Phi) is 3.22. The van der Waals surface area contributed by atoms with E-state index >= 15 is 0 Å². The van der Waals surface area contributed by atoms with Gasteiger partial charge in [0.1, 0.15) is 0 Å². The van der Waals surface area contributed by atoms with Crippen LogP contribution in [0.25, 0.3) is 6.08 Å². The molecule has 0 unspecified atom stereocenters. The van der Waals surface area contributed by atoms with E-state index in [1.54, 1.807) is 11.3 Å². The van der Waals surface area contributed by atoms with Crippen molar-refractivity contribution in [2.24, 2.45) is 0 Å². The van der Waals surface area contributed by atoms with Crippen molar-refractivity contribution in [3.63, 3.8) is 0 Å². The van der Waals surface area contributed by atoms with Gasteiger partial charge in [-0.1, -0.05) is 5.57 Å². The van der Waals surface area contributed by atoms with Crippen molar-refractivity contribution in [3.05, 3.63) is 21.2 Å². The zero-order valence-corrected chi connectivity index (χ0v) is 10.4. The highest BCUT2D eigenvalue weighted by molar-refractivity contribution is 7.12. The molecule has 1 aromatic heterocycles. The first-order chi connectivity index (χ1) is 7.15. The van der Waals surface area contributed by atoms with Crippen molar-refractivity contribution >= 4 is 17.4 Å². The van der Waals surface area contributed by atoms with Crippen LogP contribution in [0.4, 0.5) is 0 Å². The Bertz CT molecular complexity index is 375. The van der Waals surface area contributed by atoms with Gasteiger partial charge in [0.25, 0.3) is 0 Å². The zero-order chi connectivity index (χ0) is 10.8. The number of thiazole rings is 1. The van der Waals surface area contributed by atoms with Gasteiger partial charge in [-0.05, 0) is 39.7 Å². The molecule has 0 bridgehead atoms. The van der Waals surface area contributed by atoms with Crippen molar-refractivity contribution in [1.82, 2.24) is 10.3 Å². The highest BCUT2D eigenvalue weighted by Crippen LogP contribution is 2.21. The minimum Gasteiger partial charge on any atom is -0.310 e. The quantitative estimate of drug-likeness (QED) is 0.847. The lowest BCUT2D eigenvalue weighted by molar-refractivity contribution is 0.736. The molecule has 0 aliphatic heterocycles. The summed E-state index contributed by atoms with van der Waals surface area (Å²) in [5.74, 6) is 0. The summed E-state index contributed by atoms with van der Waals surface area (Å²) >= 11 is 1.78. The van der Waals surface area contributed by atoms with Crippen molar-refractivity contribution < 1.29 is 0 Å². The third-order valence-electron chi connectivity index (χ3n) is 2.56. The molecule has 0 spiro atoms. The fourth-order valence-electron chi connectivity index (χ4n) is 1.55. The van der Waals surface area contributed by atoms with Crippen LogP contribution in [0.2, 0.25) is 0 Å². The third-order valence-corrected chi connectivity index (χ3v) is 3.58. The molecule has 0 aromatic carbocycles. The maximum Gasteiger partial charge on any atom is 0.0903 e. The largest absolute Gasteiger partial charge is 0.310 e. The van der Waals surface area contributed by atoms with Gasteiger partial charge >= 0.3 is 0 Å². The Labute approximate surface area is 95.4 Å². The fraction of sp³-hybridized carbons (Fsp3) is 0.583. The Morgan fingerprint density at radius 1 is 1.53 bits per heavy atom. The fourth-order valence-corrected chi connectivity index (χ4v) is 2.50. The Hall–Kier alpha value is -0.670. The van der Waals surface area contributed by atoms with Crippen LogP contribution in [0.3, 0.4) is 0 Å². The van der Waals surface area contributed by atoms with Crippen LogP contribution >= 0.6 is 11.3 Å². The molecular weight excluding hydrogens is 204 g/mol. The molecule has 1 aliphatic carbocycles. The van der Waals surface area contributed by atoms with Gasteiger partial charge in [-0.2, -0.15) is 0 Å². The molecule has 0 saturated heterocycles. The first-order valence-corrected chi connectivity index (χ1v) is 6.31. The van der Waals surface area contributed by atoms with Crippen LogP contribution in [0, 0.1) is 13.8 Å². The number of rotatable bonds is 4. The van der Waals surface area contributed by atoms with Crippen LogP contribution in [0.15, 0.2) is 5.57 Å². The topological polar surface area (TPSA) is 24.9 Å². The van der Waals surface area contributed by atoms with Gasteiger partial charge in [0, 0.05) is 12.6 Å². The summed E-state index contributed by atoms with van der Waals surface area (Å²) in [5.41, 5.74) is 2.55. The number of hydrogen-bond donors (Lipinski definition) is 1. The molecule has 0 atom stereocenters. The lowest BCUT2D eigenvalue weighted by atomic mass is 10.2. The lowest BCUT2D eigenvalue weighted by Crippen LogP contribution is -2.18. The lowest BCUT2D eigenvalue weighted by Gasteiger charge is -2.02. The van der Waals surface area contributed by atoms with E-state index in [-0.39, 0.29) is 0 Å². The molecule has 1 N–H and O–H groups in total. The molecule has 1 fully saturated rings. The number of nitrogens with zero attached hydrogens (tertiary/aromatic N) is 1. The minimum absolute atomic E-state index is 0.789. The van der Waals surface area contributed by atoms with E-state index in [1.165, 1.54) is 23.3 Å². The zero-order valence-electron chi connectivity index (χ0n) is 9.63. The Morgan fingerprint density at radius 3 is 2.80 bits per heavy atom. The normalized spacial score (nSPS) is 17.1. The summed E-state index contributed by atoms with van der Waals surface area (Å²) in [6, 6.07) is 0.789. The van der Waals surface area contributed by atoms with Crippen molar-refractivity contribution in [3.8, 4) is 0 Å². The minimum atomic E-state index is 0.789. The van der Waals surface area contributed by atoms with Gasteiger partial charge in [-0.3, -0.25) is 0 Å². The van der Waals surface area contributed by atoms with Gasteiger partial charge < -0.3 is 5.32 Å². The Balaban J connectivity index is 1.97. The molecule has 2 rings (SSSR count). The second-order valence-corrected chi connectivity index (χ2v) is 5.56. The van der Waals surface area contributed by atoms with E-state index < -0.39 is 0 Å². The van der Waals surface area contributed by atoms with Gasteiger partial charge in [0.15, 0.2) is 0 Å². The predicted octanol–water partition coefficient (Wildman–Crippen LogP) is 2.92. The standard InChI is InChI=1S/C12H18N2S/c1-8(7-13-11-4-5-11)6-12-9(2)14-10(3)15-12/h6,11,13H,4-5,7H2,1-3H3. The van der Waals surface area contributed by atoms with Crippen molar-refractivity contribution in [1.29, 1.82) is 0 Å². The predicted molar refractivity (Wildman–Crippen MR) is 66.3 cm³/mol. The van der Waals surface area contributed by atoms with Gasteiger partial charge in [-0.25, -0.2) is 4.98 Å². The molecule has 1 saturated carbocycles. The van der Waals surface area contributed by atoms with Gasteiger partial charge in [0.2, 0.25) is 0 Å². The molecule has 15 heavy (non-hydrogen) atoms. The van der Waals surface area contributed by atoms with Crippen LogP contribution in [-0.4, -0.2) is 17.6 Å². The van der Waals surface area contributed by atoms with Gasteiger partial charge in [0.05, 0.1) is 15.6 Å². The van der Waals surface area contributed by atoms with E-state index in [4.69, 9.17) is 0 Å². The number of aromatic nitrogens is 1. The molecule has 0 radical (unpaired) electrons. The summed E-state index contributed by atoms with van der Waals surface area (Å²) in [4.78, 5) is 5.73. The molecule has 1 aromatic rings. The molecule has 82 valence electrons.